The Kier molecular flexibility index (Phi) is 6.83. The number of rotatable bonds is 6. The minimum Gasteiger partial charge on any atom is -0.392 e. The highest BCUT2D eigenvalue weighted by atomic mass is 35.5. The van der Waals surface area contributed by atoms with Gasteiger partial charge in [0.05, 0.1) is 40.5 Å². The molecule has 2 aromatic heterocycles. The molecule has 5 aromatic rings. The standard InChI is InChI=1S/C26H20Cl2FN5O3S/c1-15-13-33(26(28)31-15)22-8-5-17(18-9-21(29)20(14-35)25(11-18)38(2,36)37)10-23(22)34-24(12-30-32-34)16-3-6-19(27)7-4-16/h3-13,35H,14H2,1-2H3. The van der Waals surface area contributed by atoms with Gasteiger partial charge in [0.2, 0.25) is 5.28 Å². The molecule has 12 heteroatoms. The van der Waals surface area contributed by atoms with Gasteiger partial charge in [0.15, 0.2) is 9.84 Å². The van der Waals surface area contributed by atoms with E-state index in [4.69, 9.17) is 23.2 Å². The predicted octanol–water partition coefficient (Wildman–Crippen LogP) is 5.44. The van der Waals surface area contributed by atoms with Gasteiger partial charge < -0.3 is 5.11 Å². The molecule has 0 atom stereocenters. The number of hydrogen-bond donors (Lipinski definition) is 1. The minimum absolute atomic E-state index is 0.224. The first-order chi connectivity index (χ1) is 18.1. The van der Waals surface area contributed by atoms with E-state index in [1.54, 1.807) is 52.0 Å². The van der Waals surface area contributed by atoms with Crippen molar-refractivity contribution in [3.63, 3.8) is 0 Å². The summed E-state index contributed by atoms with van der Waals surface area (Å²) >= 11 is 12.5. The molecule has 0 amide bonds. The zero-order valence-electron chi connectivity index (χ0n) is 20.1. The highest BCUT2D eigenvalue weighted by Gasteiger charge is 2.21. The monoisotopic (exact) mass is 571 g/mol. The van der Waals surface area contributed by atoms with Crippen LogP contribution in [0.3, 0.4) is 0 Å². The van der Waals surface area contributed by atoms with Crippen molar-refractivity contribution < 1.29 is 17.9 Å². The van der Waals surface area contributed by atoms with Crippen molar-refractivity contribution in [2.75, 3.05) is 6.26 Å². The summed E-state index contributed by atoms with van der Waals surface area (Å²) in [7, 11) is -3.82. The topological polar surface area (TPSA) is 103 Å². The smallest absolute Gasteiger partial charge is 0.207 e. The first-order valence-corrected chi connectivity index (χ1v) is 13.9. The van der Waals surface area contributed by atoms with Crippen LogP contribution in [-0.4, -0.2) is 44.3 Å². The molecule has 1 N–H and O–H groups in total. The van der Waals surface area contributed by atoms with Crippen molar-refractivity contribution in [3.05, 3.63) is 94.4 Å². The molecule has 0 spiro atoms. The molecule has 0 bridgehead atoms. The average Bonchev–Trinajstić information content (AvgIpc) is 3.49. The third kappa shape index (κ3) is 4.83. The molecule has 2 heterocycles. The van der Waals surface area contributed by atoms with E-state index in [-0.39, 0.29) is 15.7 Å². The van der Waals surface area contributed by atoms with E-state index in [1.807, 2.05) is 19.1 Å². The van der Waals surface area contributed by atoms with Gasteiger partial charge >= 0.3 is 0 Å². The van der Waals surface area contributed by atoms with Gasteiger partial charge in [-0.3, -0.25) is 4.57 Å². The largest absolute Gasteiger partial charge is 0.392 e. The van der Waals surface area contributed by atoms with Crippen LogP contribution in [0.2, 0.25) is 10.3 Å². The van der Waals surface area contributed by atoms with Crippen LogP contribution < -0.4 is 0 Å². The second-order valence-electron chi connectivity index (χ2n) is 8.63. The van der Waals surface area contributed by atoms with E-state index in [0.717, 1.165) is 11.8 Å². The summed E-state index contributed by atoms with van der Waals surface area (Å²) in [6.45, 7) is 1.06. The van der Waals surface area contributed by atoms with Crippen molar-refractivity contribution in [3.8, 4) is 33.8 Å². The molecule has 0 unspecified atom stereocenters. The number of imidazole rings is 1. The molecule has 5 rings (SSSR count). The van der Waals surface area contributed by atoms with E-state index >= 15 is 0 Å². The van der Waals surface area contributed by atoms with Gasteiger partial charge in [-0.25, -0.2) is 22.5 Å². The van der Waals surface area contributed by atoms with Crippen molar-refractivity contribution >= 4 is 33.0 Å². The highest BCUT2D eigenvalue weighted by Crippen LogP contribution is 2.34. The zero-order chi connectivity index (χ0) is 27.2. The van der Waals surface area contributed by atoms with Gasteiger partial charge in [0.25, 0.3) is 0 Å². The first-order valence-electron chi connectivity index (χ1n) is 11.2. The normalized spacial score (nSPS) is 11.7. The Morgan fingerprint density at radius 2 is 1.68 bits per heavy atom. The Hall–Kier alpha value is -3.57. The lowest BCUT2D eigenvalue weighted by atomic mass is 10.0. The zero-order valence-corrected chi connectivity index (χ0v) is 22.4. The number of hydrogen-bond acceptors (Lipinski definition) is 6. The molecular formula is C26H20Cl2FN5O3S. The fourth-order valence-corrected chi connectivity index (χ4v) is 5.56. The van der Waals surface area contributed by atoms with Crippen molar-refractivity contribution in [2.24, 2.45) is 0 Å². The molecular weight excluding hydrogens is 552 g/mol. The van der Waals surface area contributed by atoms with E-state index in [0.29, 0.717) is 38.9 Å². The van der Waals surface area contributed by atoms with Gasteiger partial charge in [-0.2, -0.15) is 0 Å². The van der Waals surface area contributed by atoms with Crippen LogP contribution in [0.15, 0.2) is 71.9 Å². The summed E-state index contributed by atoms with van der Waals surface area (Å²) in [6.07, 6.45) is 4.32. The maximum atomic E-state index is 14.9. The summed E-state index contributed by atoms with van der Waals surface area (Å²) in [4.78, 5) is 4.00. The van der Waals surface area contributed by atoms with Crippen molar-refractivity contribution in [2.45, 2.75) is 18.4 Å². The van der Waals surface area contributed by atoms with Crippen LogP contribution in [0.25, 0.3) is 33.8 Å². The van der Waals surface area contributed by atoms with Gasteiger partial charge in [0.1, 0.15) is 5.82 Å². The number of nitrogens with zero attached hydrogens (tertiary/aromatic N) is 5. The van der Waals surface area contributed by atoms with Crippen molar-refractivity contribution in [1.82, 2.24) is 24.5 Å². The number of benzene rings is 3. The molecule has 8 nitrogen and oxygen atoms in total. The molecule has 0 saturated carbocycles. The van der Waals surface area contributed by atoms with Crippen LogP contribution in [0.5, 0.6) is 0 Å². The van der Waals surface area contributed by atoms with E-state index in [9.17, 15) is 17.9 Å². The maximum Gasteiger partial charge on any atom is 0.207 e. The molecule has 0 aliphatic carbocycles. The number of halogens is 3. The lowest BCUT2D eigenvalue weighted by molar-refractivity contribution is 0.272. The predicted molar refractivity (Wildman–Crippen MR) is 143 cm³/mol. The number of sulfone groups is 1. The SMILES string of the molecule is Cc1cn(-c2ccc(-c3cc(F)c(CO)c(S(C)(=O)=O)c3)cc2-n2nncc2-c2ccc(Cl)cc2)c(Cl)n1. The molecule has 0 aliphatic heterocycles. The number of aliphatic hydroxyl groups is 1. The van der Waals surface area contributed by atoms with Gasteiger partial charge in [-0.15, -0.1) is 5.10 Å². The summed E-state index contributed by atoms with van der Waals surface area (Å²) in [5.41, 5.74) is 3.79. The van der Waals surface area contributed by atoms with Crippen LogP contribution in [0.4, 0.5) is 4.39 Å². The third-order valence-electron chi connectivity index (χ3n) is 5.98. The van der Waals surface area contributed by atoms with Crippen LogP contribution >= 0.6 is 23.2 Å². The summed E-state index contributed by atoms with van der Waals surface area (Å²) in [6, 6.07) is 14.9. The lowest BCUT2D eigenvalue weighted by Gasteiger charge is -2.16. The molecule has 194 valence electrons. The number of aliphatic hydroxyl groups excluding tert-OH is 1. The van der Waals surface area contributed by atoms with Gasteiger partial charge in [0, 0.05) is 28.6 Å². The lowest BCUT2D eigenvalue weighted by Crippen LogP contribution is -2.07. The van der Waals surface area contributed by atoms with Crippen LogP contribution in [0, 0.1) is 12.7 Å². The van der Waals surface area contributed by atoms with E-state index in [1.165, 1.54) is 12.1 Å². The fourth-order valence-electron chi connectivity index (χ4n) is 4.21. The Morgan fingerprint density at radius 1 is 0.974 bits per heavy atom. The Labute approximate surface area is 227 Å². The highest BCUT2D eigenvalue weighted by molar-refractivity contribution is 7.90. The van der Waals surface area contributed by atoms with Gasteiger partial charge in [-0.05, 0) is 66.0 Å². The Balaban J connectivity index is 1.77. The minimum atomic E-state index is -3.82. The first kappa shape index (κ1) is 26.1. The van der Waals surface area contributed by atoms with E-state index < -0.39 is 22.3 Å². The molecule has 0 saturated heterocycles. The fraction of sp³-hybridized carbons (Fsp3) is 0.115. The number of aromatic nitrogens is 5. The van der Waals surface area contributed by atoms with Gasteiger partial charge in [-0.1, -0.05) is 35.0 Å². The molecule has 0 aliphatic rings. The molecule has 38 heavy (non-hydrogen) atoms. The van der Waals surface area contributed by atoms with Crippen LogP contribution in [0.1, 0.15) is 11.3 Å². The molecule has 3 aromatic carbocycles. The quantitative estimate of drug-likeness (QED) is 0.291. The summed E-state index contributed by atoms with van der Waals surface area (Å²) in [5.74, 6) is -0.827. The van der Waals surface area contributed by atoms with Crippen LogP contribution in [-0.2, 0) is 16.4 Å². The number of aryl methyl sites for hydroxylation is 1. The second-order valence-corrected chi connectivity index (χ2v) is 11.4. The third-order valence-corrected chi connectivity index (χ3v) is 7.66. The Morgan fingerprint density at radius 3 is 2.32 bits per heavy atom. The second kappa shape index (κ2) is 9.95. The Bertz CT molecular complexity index is 1780. The van der Waals surface area contributed by atoms with E-state index in [2.05, 4.69) is 15.3 Å². The molecule has 0 radical (unpaired) electrons. The molecule has 0 fully saturated rings. The maximum absolute atomic E-state index is 14.9. The average molecular weight is 572 g/mol. The summed E-state index contributed by atoms with van der Waals surface area (Å²) in [5, 5.41) is 18.8. The summed E-state index contributed by atoms with van der Waals surface area (Å²) < 4.78 is 43.0. The van der Waals surface area contributed by atoms with Crippen molar-refractivity contribution in [1.29, 1.82) is 0 Å².